The Morgan fingerprint density at radius 3 is 2.78 bits per heavy atom. The third-order valence-corrected chi connectivity index (χ3v) is 3.85. The standard InChI is InChI=1S/C13H18O5/c1-4-7-5-9(16-2)11-8(6-18-13(11)15)10(7)12(14)17-3/h5,8-11H,4,6H2,1-3H3/t8-,9+,10-,11-/m1/s1. The van der Waals surface area contributed by atoms with Gasteiger partial charge in [-0.1, -0.05) is 18.6 Å². The maximum absolute atomic E-state index is 11.9. The summed E-state index contributed by atoms with van der Waals surface area (Å²) in [5, 5.41) is 0. The molecule has 2 aliphatic rings. The Balaban J connectivity index is 2.39. The third-order valence-electron chi connectivity index (χ3n) is 3.85. The number of hydrogen-bond donors (Lipinski definition) is 0. The van der Waals surface area contributed by atoms with Crippen LogP contribution < -0.4 is 0 Å². The van der Waals surface area contributed by atoms with Crippen LogP contribution in [0.4, 0.5) is 0 Å². The highest BCUT2D eigenvalue weighted by molar-refractivity contribution is 5.82. The maximum Gasteiger partial charge on any atom is 0.313 e. The Labute approximate surface area is 106 Å². The first kappa shape index (κ1) is 13.1. The first-order chi connectivity index (χ1) is 8.63. The summed E-state index contributed by atoms with van der Waals surface area (Å²) in [6.45, 7) is 2.24. The summed E-state index contributed by atoms with van der Waals surface area (Å²) in [5.74, 6) is -1.54. The Bertz CT molecular complexity index is 387. The van der Waals surface area contributed by atoms with Gasteiger partial charge in [-0.05, 0) is 6.42 Å². The fourth-order valence-corrected chi connectivity index (χ4v) is 2.93. The number of esters is 2. The second-order valence-electron chi connectivity index (χ2n) is 4.62. The zero-order valence-electron chi connectivity index (χ0n) is 10.8. The number of rotatable bonds is 3. The molecule has 0 aromatic carbocycles. The van der Waals surface area contributed by atoms with Crippen LogP contribution in [0.1, 0.15) is 13.3 Å². The van der Waals surface area contributed by atoms with E-state index in [2.05, 4.69) is 0 Å². The lowest BCUT2D eigenvalue weighted by molar-refractivity contribution is -0.147. The van der Waals surface area contributed by atoms with Gasteiger partial charge < -0.3 is 14.2 Å². The highest BCUT2D eigenvalue weighted by atomic mass is 16.5. The third kappa shape index (κ3) is 1.92. The van der Waals surface area contributed by atoms with Gasteiger partial charge in [-0.2, -0.15) is 0 Å². The van der Waals surface area contributed by atoms with Crippen molar-refractivity contribution in [3.05, 3.63) is 11.6 Å². The van der Waals surface area contributed by atoms with E-state index in [1.54, 1.807) is 7.11 Å². The van der Waals surface area contributed by atoms with Gasteiger partial charge in [0.2, 0.25) is 0 Å². The quantitative estimate of drug-likeness (QED) is 0.554. The van der Waals surface area contributed by atoms with E-state index in [1.807, 2.05) is 13.0 Å². The molecule has 5 nitrogen and oxygen atoms in total. The van der Waals surface area contributed by atoms with E-state index >= 15 is 0 Å². The summed E-state index contributed by atoms with van der Waals surface area (Å²) < 4.78 is 15.3. The number of ether oxygens (including phenoxy) is 3. The smallest absolute Gasteiger partial charge is 0.313 e. The van der Waals surface area contributed by atoms with Crippen LogP contribution in [0.25, 0.3) is 0 Å². The topological polar surface area (TPSA) is 61.8 Å². The van der Waals surface area contributed by atoms with E-state index in [0.717, 1.165) is 12.0 Å². The SMILES string of the molecule is CCC1=C[C@H](OC)[C@@H]2C(=O)OC[C@@H]2[C@@H]1C(=O)OC. The molecule has 0 unspecified atom stereocenters. The van der Waals surface area contributed by atoms with Gasteiger partial charge in [0.05, 0.1) is 31.7 Å². The molecule has 0 amide bonds. The molecular weight excluding hydrogens is 236 g/mol. The highest BCUT2D eigenvalue weighted by Gasteiger charge is 2.51. The van der Waals surface area contributed by atoms with Crippen LogP contribution in [0.2, 0.25) is 0 Å². The number of methoxy groups -OCH3 is 2. The van der Waals surface area contributed by atoms with Crippen molar-refractivity contribution in [2.24, 2.45) is 17.8 Å². The lowest BCUT2D eigenvalue weighted by atomic mass is 9.71. The Morgan fingerprint density at radius 2 is 2.22 bits per heavy atom. The van der Waals surface area contributed by atoms with Crippen molar-refractivity contribution in [3.8, 4) is 0 Å². The second-order valence-corrected chi connectivity index (χ2v) is 4.62. The molecule has 1 aliphatic heterocycles. The van der Waals surface area contributed by atoms with E-state index in [4.69, 9.17) is 14.2 Å². The van der Waals surface area contributed by atoms with Crippen molar-refractivity contribution in [1.29, 1.82) is 0 Å². The molecule has 5 heteroatoms. The van der Waals surface area contributed by atoms with E-state index in [9.17, 15) is 9.59 Å². The summed E-state index contributed by atoms with van der Waals surface area (Å²) in [4.78, 5) is 23.7. The molecule has 100 valence electrons. The summed E-state index contributed by atoms with van der Waals surface area (Å²) >= 11 is 0. The molecule has 0 spiro atoms. The lowest BCUT2D eigenvalue weighted by Crippen LogP contribution is -2.42. The van der Waals surface area contributed by atoms with Crippen LogP contribution in [-0.2, 0) is 23.8 Å². The molecule has 1 fully saturated rings. The fourth-order valence-electron chi connectivity index (χ4n) is 2.93. The first-order valence-electron chi connectivity index (χ1n) is 6.11. The lowest BCUT2D eigenvalue weighted by Gasteiger charge is -2.33. The van der Waals surface area contributed by atoms with Crippen molar-refractivity contribution in [3.63, 3.8) is 0 Å². The minimum atomic E-state index is -0.394. The van der Waals surface area contributed by atoms with Crippen LogP contribution in [0.3, 0.4) is 0 Å². The first-order valence-corrected chi connectivity index (χ1v) is 6.11. The van der Waals surface area contributed by atoms with Gasteiger partial charge in [0.1, 0.15) is 0 Å². The van der Waals surface area contributed by atoms with Crippen LogP contribution in [0.15, 0.2) is 11.6 Å². The Kier molecular flexibility index (Phi) is 3.71. The van der Waals surface area contributed by atoms with Gasteiger partial charge in [0, 0.05) is 13.0 Å². The van der Waals surface area contributed by atoms with Gasteiger partial charge in [-0.25, -0.2) is 0 Å². The van der Waals surface area contributed by atoms with Gasteiger partial charge >= 0.3 is 11.9 Å². The Hall–Kier alpha value is -1.36. The van der Waals surface area contributed by atoms with Crippen LogP contribution >= 0.6 is 0 Å². The average molecular weight is 254 g/mol. The Morgan fingerprint density at radius 1 is 1.50 bits per heavy atom. The molecule has 0 aromatic rings. The van der Waals surface area contributed by atoms with Crippen molar-refractivity contribution >= 4 is 11.9 Å². The van der Waals surface area contributed by atoms with Crippen molar-refractivity contribution in [1.82, 2.24) is 0 Å². The van der Waals surface area contributed by atoms with Crippen molar-refractivity contribution in [2.45, 2.75) is 19.4 Å². The van der Waals surface area contributed by atoms with Gasteiger partial charge in [-0.3, -0.25) is 9.59 Å². The molecule has 0 aromatic heterocycles. The minimum Gasteiger partial charge on any atom is -0.469 e. The molecule has 2 rings (SSSR count). The van der Waals surface area contributed by atoms with E-state index in [-0.39, 0.29) is 36.5 Å². The largest absolute Gasteiger partial charge is 0.469 e. The molecule has 18 heavy (non-hydrogen) atoms. The van der Waals surface area contributed by atoms with E-state index in [0.29, 0.717) is 0 Å². The highest BCUT2D eigenvalue weighted by Crippen LogP contribution is 2.42. The summed E-state index contributed by atoms with van der Waals surface area (Å²) in [7, 11) is 2.93. The molecule has 0 saturated carbocycles. The molecule has 4 atom stereocenters. The van der Waals surface area contributed by atoms with Crippen molar-refractivity contribution in [2.75, 3.05) is 20.8 Å². The number of hydrogen-bond acceptors (Lipinski definition) is 5. The molecule has 1 saturated heterocycles. The summed E-state index contributed by atoms with van der Waals surface area (Å²) in [6, 6.07) is 0. The zero-order valence-corrected chi connectivity index (χ0v) is 10.8. The molecule has 0 N–H and O–H groups in total. The predicted octanol–water partition coefficient (Wildman–Crippen LogP) is 0.930. The van der Waals surface area contributed by atoms with Gasteiger partial charge in [-0.15, -0.1) is 0 Å². The number of cyclic esters (lactones) is 1. The molecule has 1 aliphatic carbocycles. The van der Waals surface area contributed by atoms with E-state index in [1.165, 1.54) is 7.11 Å². The fraction of sp³-hybridized carbons (Fsp3) is 0.692. The molecule has 0 bridgehead atoms. The predicted molar refractivity (Wildman–Crippen MR) is 62.6 cm³/mol. The molecule has 1 heterocycles. The second kappa shape index (κ2) is 5.10. The number of fused-ring (bicyclic) bond motifs is 1. The van der Waals surface area contributed by atoms with Gasteiger partial charge in [0.25, 0.3) is 0 Å². The van der Waals surface area contributed by atoms with Crippen LogP contribution in [-0.4, -0.2) is 38.9 Å². The maximum atomic E-state index is 11.9. The molecular formula is C13H18O5. The number of carbonyl (C=O) groups excluding carboxylic acids is 2. The van der Waals surface area contributed by atoms with Crippen LogP contribution in [0, 0.1) is 17.8 Å². The van der Waals surface area contributed by atoms with Crippen LogP contribution in [0.5, 0.6) is 0 Å². The van der Waals surface area contributed by atoms with E-state index < -0.39 is 5.92 Å². The molecule has 0 radical (unpaired) electrons. The minimum absolute atomic E-state index is 0.171. The van der Waals surface area contributed by atoms with Crippen molar-refractivity contribution < 1.29 is 23.8 Å². The zero-order chi connectivity index (χ0) is 13.3. The average Bonchev–Trinajstić information content (AvgIpc) is 2.78. The van der Waals surface area contributed by atoms with Gasteiger partial charge in [0.15, 0.2) is 0 Å². The summed E-state index contributed by atoms with van der Waals surface area (Å²) in [5.41, 5.74) is 0.966. The normalized spacial score (nSPS) is 34.6. The number of carbonyl (C=O) groups is 2. The monoisotopic (exact) mass is 254 g/mol. The summed E-state index contributed by atoms with van der Waals surface area (Å²) in [6.07, 6.45) is 2.30.